The Bertz CT molecular complexity index is 816. The molecule has 0 amide bonds. The average molecular weight is 345 g/mol. The van der Waals surface area contributed by atoms with Crippen molar-refractivity contribution in [1.29, 1.82) is 0 Å². The Morgan fingerprint density at radius 3 is 2.52 bits per heavy atom. The molecule has 0 spiro atoms. The van der Waals surface area contributed by atoms with Crippen LogP contribution in [0.3, 0.4) is 0 Å². The van der Waals surface area contributed by atoms with Crippen LogP contribution >= 0.6 is 23.2 Å². The fraction of sp³-hybridized carbons (Fsp3) is 0.158. The number of hydrogen-bond donors (Lipinski definition) is 1. The molecule has 3 rings (SSSR count). The predicted molar refractivity (Wildman–Crippen MR) is 99.4 cm³/mol. The summed E-state index contributed by atoms with van der Waals surface area (Å²) < 4.78 is 2.20. The number of aromatic nitrogens is 1. The number of rotatable bonds is 6. The number of halogens is 2. The Morgan fingerprint density at radius 2 is 1.78 bits per heavy atom. The lowest BCUT2D eigenvalue weighted by molar-refractivity contribution is 0.754. The highest BCUT2D eigenvalue weighted by molar-refractivity contribution is 6.36. The number of nitrogens with one attached hydrogen (secondary N) is 1. The van der Waals surface area contributed by atoms with Gasteiger partial charge in [0.25, 0.3) is 0 Å². The maximum absolute atomic E-state index is 6.32. The summed E-state index contributed by atoms with van der Waals surface area (Å²) in [6, 6.07) is 14.0. The van der Waals surface area contributed by atoms with Gasteiger partial charge in [-0.1, -0.05) is 53.5 Å². The van der Waals surface area contributed by atoms with Crippen molar-refractivity contribution < 1.29 is 0 Å². The van der Waals surface area contributed by atoms with Gasteiger partial charge in [-0.15, -0.1) is 6.58 Å². The van der Waals surface area contributed by atoms with E-state index in [-0.39, 0.29) is 0 Å². The van der Waals surface area contributed by atoms with E-state index in [9.17, 15) is 0 Å². The quantitative estimate of drug-likeness (QED) is 0.476. The number of benzene rings is 2. The number of nitrogens with zero attached hydrogens (tertiary/aromatic N) is 1. The zero-order valence-electron chi connectivity index (χ0n) is 12.7. The van der Waals surface area contributed by atoms with Gasteiger partial charge in [-0.3, -0.25) is 0 Å². The molecular weight excluding hydrogens is 327 g/mol. The normalized spacial score (nSPS) is 11.0. The fourth-order valence-corrected chi connectivity index (χ4v) is 3.27. The first-order valence-corrected chi connectivity index (χ1v) is 8.27. The Morgan fingerprint density at radius 1 is 1.04 bits per heavy atom. The van der Waals surface area contributed by atoms with Crippen LogP contribution in [0.15, 0.2) is 61.3 Å². The van der Waals surface area contributed by atoms with E-state index < -0.39 is 0 Å². The van der Waals surface area contributed by atoms with Crippen LogP contribution in [0.1, 0.15) is 11.1 Å². The zero-order chi connectivity index (χ0) is 16.2. The van der Waals surface area contributed by atoms with Crippen molar-refractivity contribution in [2.45, 2.75) is 13.1 Å². The molecule has 0 saturated carbocycles. The highest BCUT2D eigenvalue weighted by atomic mass is 35.5. The molecule has 2 nitrogen and oxygen atoms in total. The molecule has 0 bridgehead atoms. The van der Waals surface area contributed by atoms with Gasteiger partial charge >= 0.3 is 0 Å². The van der Waals surface area contributed by atoms with E-state index >= 15 is 0 Å². The van der Waals surface area contributed by atoms with E-state index in [1.807, 2.05) is 30.3 Å². The first kappa shape index (κ1) is 16.1. The Hall–Kier alpha value is -1.74. The lowest BCUT2D eigenvalue weighted by Gasteiger charge is -2.09. The molecule has 0 fully saturated rings. The van der Waals surface area contributed by atoms with E-state index in [2.05, 4.69) is 40.9 Å². The lowest BCUT2D eigenvalue weighted by atomic mass is 10.2. The fourth-order valence-electron chi connectivity index (χ4n) is 2.76. The molecule has 0 saturated heterocycles. The monoisotopic (exact) mass is 344 g/mol. The molecule has 118 valence electrons. The van der Waals surface area contributed by atoms with Crippen LogP contribution in [0.2, 0.25) is 10.0 Å². The second-order valence-electron chi connectivity index (χ2n) is 5.42. The van der Waals surface area contributed by atoms with Gasteiger partial charge in [0.15, 0.2) is 0 Å². The molecule has 1 aromatic heterocycles. The number of para-hydroxylation sites is 1. The molecular formula is C19H18Cl2N2. The summed E-state index contributed by atoms with van der Waals surface area (Å²) in [6.45, 7) is 5.98. The summed E-state index contributed by atoms with van der Waals surface area (Å²) in [4.78, 5) is 0. The van der Waals surface area contributed by atoms with Crippen molar-refractivity contribution in [2.75, 3.05) is 6.54 Å². The molecule has 0 atom stereocenters. The van der Waals surface area contributed by atoms with Crippen molar-refractivity contribution in [3.05, 3.63) is 82.5 Å². The number of fused-ring (bicyclic) bond motifs is 1. The second kappa shape index (κ2) is 7.22. The van der Waals surface area contributed by atoms with Crippen molar-refractivity contribution in [2.24, 2.45) is 0 Å². The van der Waals surface area contributed by atoms with Crippen molar-refractivity contribution in [3.8, 4) is 0 Å². The maximum Gasteiger partial charge on any atom is 0.0505 e. The SMILES string of the molecule is C=CCNCc1cn(Cc2c(Cl)cccc2Cl)c2ccccc12. The maximum atomic E-state index is 6.32. The largest absolute Gasteiger partial charge is 0.343 e. The first-order valence-electron chi connectivity index (χ1n) is 7.52. The van der Waals surface area contributed by atoms with Crippen molar-refractivity contribution >= 4 is 34.1 Å². The van der Waals surface area contributed by atoms with Crippen molar-refractivity contribution in [3.63, 3.8) is 0 Å². The lowest BCUT2D eigenvalue weighted by Crippen LogP contribution is -2.12. The Kier molecular flexibility index (Phi) is 5.06. The molecule has 0 radical (unpaired) electrons. The molecule has 0 unspecified atom stereocenters. The molecule has 0 aliphatic rings. The Balaban J connectivity index is 1.99. The molecule has 3 aromatic rings. The minimum Gasteiger partial charge on any atom is -0.343 e. The summed E-state index contributed by atoms with van der Waals surface area (Å²) >= 11 is 12.6. The average Bonchev–Trinajstić information content (AvgIpc) is 2.90. The van der Waals surface area contributed by atoms with Gasteiger partial charge in [0.2, 0.25) is 0 Å². The Labute approximate surface area is 146 Å². The standard InChI is InChI=1S/C19H18Cl2N2/c1-2-10-22-11-14-12-23(19-9-4-3-6-15(14)19)13-16-17(20)7-5-8-18(16)21/h2-9,12,22H,1,10-11,13H2. The summed E-state index contributed by atoms with van der Waals surface area (Å²) in [6.07, 6.45) is 4.03. The molecule has 1 N–H and O–H groups in total. The van der Waals surface area contributed by atoms with Crippen molar-refractivity contribution in [1.82, 2.24) is 9.88 Å². The molecule has 0 aliphatic heterocycles. The van der Waals surface area contributed by atoms with Gasteiger partial charge in [-0.05, 0) is 23.8 Å². The topological polar surface area (TPSA) is 17.0 Å². The van der Waals surface area contributed by atoms with Gasteiger partial charge in [0, 0.05) is 45.8 Å². The minimum atomic E-state index is 0.653. The summed E-state index contributed by atoms with van der Waals surface area (Å²) in [5.41, 5.74) is 3.38. The van der Waals surface area contributed by atoms with Crippen LogP contribution in [-0.4, -0.2) is 11.1 Å². The van der Waals surface area contributed by atoms with Crippen LogP contribution < -0.4 is 5.32 Å². The van der Waals surface area contributed by atoms with Crippen LogP contribution in [0.4, 0.5) is 0 Å². The summed E-state index contributed by atoms with van der Waals surface area (Å²) in [5, 5.41) is 5.99. The third-order valence-corrected chi connectivity index (χ3v) is 4.57. The highest BCUT2D eigenvalue weighted by Gasteiger charge is 2.11. The summed E-state index contributed by atoms with van der Waals surface area (Å²) in [7, 11) is 0. The predicted octanol–water partition coefficient (Wildman–Crippen LogP) is 5.27. The van der Waals surface area contributed by atoms with Crippen LogP contribution in [0.25, 0.3) is 10.9 Å². The third kappa shape index (κ3) is 3.45. The van der Waals surface area contributed by atoms with Gasteiger partial charge in [0.1, 0.15) is 0 Å². The second-order valence-corrected chi connectivity index (χ2v) is 6.23. The van der Waals surface area contributed by atoms with Crippen LogP contribution in [-0.2, 0) is 13.1 Å². The van der Waals surface area contributed by atoms with Gasteiger partial charge in [-0.2, -0.15) is 0 Å². The number of hydrogen-bond acceptors (Lipinski definition) is 1. The zero-order valence-corrected chi connectivity index (χ0v) is 14.2. The molecule has 2 aromatic carbocycles. The van der Waals surface area contributed by atoms with Gasteiger partial charge in [0.05, 0.1) is 6.54 Å². The highest BCUT2D eigenvalue weighted by Crippen LogP contribution is 2.28. The van der Waals surface area contributed by atoms with E-state index in [0.29, 0.717) is 16.6 Å². The van der Waals surface area contributed by atoms with E-state index in [4.69, 9.17) is 23.2 Å². The molecule has 1 heterocycles. The smallest absolute Gasteiger partial charge is 0.0505 e. The molecule has 0 aliphatic carbocycles. The minimum absolute atomic E-state index is 0.653. The van der Waals surface area contributed by atoms with E-state index in [1.54, 1.807) is 0 Å². The third-order valence-electron chi connectivity index (χ3n) is 3.87. The first-order chi connectivity index (χ1) is 11.2. The van der Waals surface area contributed by atoms with E-state index in [0.717, 1.165) is 18.7 Å². The van der Waals surface area contributed by atoms with Gasteiger partial charge < -0.3 is 9.88 Å². The summed E-state index contributed by atoms with van der Waals surface area (Å²) in [5.74, 6) is 0. The molecule has 23 heavy (non-hydrogen) atoms. The van der Waals surface area contributed by atoms with Crippen LogP contribution in [0.5, 0.6) is 0 Å². The van der Waals surface area contributed by atoms with E-state index in [1.165, 1.54) is 16.5 Å². The molecule has 4 heteroatoms. The van der Waals surface area contributed by atoms with Gasteiger partial charge in [-0.25, -0.2) is 0 Å². The van der Waals surface area contributed by atoms with Crippen LogP contribution in [0, 0.1) is 0 Å².